The van der Waals surface area contributed by atoms with Gasteiger partial charge in [0.05, 0.1) is 5.02 Å². The molecule has 0 saturated heterocycles. The van der Waals surface area contributed by atoms with Gasteiger partial charge in [0.25, 0.3) is 0 Å². The summed E-state index contributed by atoms with van der Waals surface area (Å²) in [6, 6.07) is 1.71. The van der Waals surface area contributed by atoms with Gasteiger partial charge in [0.15, 0.2) is 0 Å². The van der Waals surface area contributed by atoms with Crippen LogP contribution in [0.3, 0.4) is 0 Å². The molecule has 0 bridgehead atoms. The van der Waals surface area contributed by atoms with Crippen LogP contribution in [0.5, 0.6) is 0 Å². The average Bonchev–Trinajstić information content (AvgIpc) is 1.96. The lowest BCUT2D eigenvalue weighted by Gasteiger charge is -2.01. The van der Waals surface area contributed by atoms with E-state index in [0.717, 1.165) is 3.57 Å². The molecule has 0 aliphatic carbocycles. The molecule has 12 heavy (non-hydrogen) atoms. The first-order valence-corrected chi connectivity index (χ1v) is 4.64. The van der Waals surface area contributed by atoms with Gasteiger partial charge in [0, 0.05) is 16.7 Å². The van der Waals surface area contributed by atoms with Gasteiger partial charge >= 0.3 is 0 Å². The fourth-order valence-electron chi connectivity index (χ4n) is 0.663. The van der Waals surface area contributed by atoms with E-state index in [1.807, 2.05) is 0 Å². The molecule has 1 aromatic rings. The third kappa shape index (κ3) is 2.60. The number of anilines is 1. The Morgan fingerprint density at radius 2 is 2.42 bits per heavy atom. The minimum Gasteiger partial charge on any atom is -0.311 e. The molecule has 1 rings (SSSR count). The van der Waals surface area contributed by atoms with Crippen molar-refractivity contribution >= 4 is 45.9 Å². The molecule has 1 N–H and O–H groups in total. The number of aromatic nitrogens is 1. The van der Waals surface area contributed by atoms with Crippen molar-refractivity contribution in [2.24, 2.45) is 0 Å². The topological polar surface area (TPSA) is 42.0 Å². The summed E-state index contributed by atoms with van der Waals surface area (Å²) in [5.41, 5.74) is 0. The molecule has 1 heterocycles. The number of rotatable bonds is 1. The molecule has 0 aromatic carbocycles. The smallest absolute Gasteiger partial charge is 0.222 e. The van der Waals surface area contributed by atoms with Gasteiger partial charge in [-0.25, -0.2) is 4.98 Å². The fraction of sp³-hybridized carbons (Fsp3) is 0.143. The third-order valence-electron chi connectivity index (χ3n) is 1.11. The van der Waals surface area contributed by atoms with Crippen molar-refractivity contribution < 1.29 is 4.79 Å². The number of halogens is 2. The summed E-state index contributed by atoms with van der Waals surface area (Å²) < 4.78 is 0.869. The molecule has 0 unspecified atom stereocenters. The van der Waals surface area contributed by atoms with Crippen molar-refractivity contribution in [3.05, 3.63) is 20.9 Å². The zero-order chi connectivity index (χ0) is 9.14. The average molecular weight is 296 g/mol. The molecular weight excluding hydrogens is 290 g/mol. The molecular formula is C7H6ClIN2O. The molecule has 0 atom stereocenters. The van der Waals surface area contributed by atoms with Gasteiger partial charge in [-0.1, -0.05) is 11.6 Å². The lowest BCUT2D eigenvalue weighted by Crippen LogP contribution is -2.07. The summed E-state index contributed by atoms with van der Waals surface area (Å²) in [7, 11) is 0. The summed E-state index contributed by atoms with van der Waals surface area (Å²) in [6.45, 7) is 1.43. The highest BCUT2D eigenvalue weighted by Crippen LogP contribution is 2.19. The number of amides is 1. The number of carbonyl (C=O) groups excluding carboxylic acids is 1. The maximum absolute atomic E-state index is 10.6. The second-order valence-electron chi connectivity index (χ2n) is 2.16. The van der Waals surface area contributed by atoms with Crippen LogP contribution in [0.15, 0.2) is 12.3 Å². The van der Waals surface area contributed by atoms with Crippen LogP contribution in [0.1, 0.15) is 6.92 Å². The molecule has 0 radical (unpaired) electrons. The summed E-state index contributed by atoms with van der Waals surface area (Å²) in [5, 5.41) is 3.15. The molecule has 0 fully saturated rings. The highest BCUT2D eigenvalue weighted by molar-refractivity contribution is 14.1. The normalized spacial score (nSPS) is 9.58. The molecule has 0 aliphatic rings. The molecule has 0 aliphatic heterocycles. The highest BCUT2D eigenvalue weighted by atomic mass is 127. The van der Waals surface area contributed by atoms with Crippen LogP contribution in [0.4, 0.5) is 5.82 Å². The number of hydrogen-bond donors (Lipinski definition) is 1. The Labute approximate surface area is 88.7 Å². The van der Waals surface area contributed by atoms with Gasteiger partial charge in [0.2, 0.25) is 5.91 Å². The van der Waals surface area contributed by atoms with Crippen LogP contribution in [0.25, 0.3) is 0 Å². The van der Waals surface area contributed by atoms with Crippen LogP contribution < -0.4 is 5.32 Å². The first-order chi connectivity index (χ1) is 5.59. The molecule has 5 heteroatoms. The van der Waals surface area contributed by atoms with E-state index in [1.54, 1.807) is 6.07 Å². The Morgan fingerprint density at radius 1 is 1.75 bits per heavy atom. The SMILES string of the molecule is CC(=O)Nc1cc(I)c(Cl)cn1. The van der Waals surface area contributed by atoms with Crippen molar-refractivity contribution in [2.75, 3.05) is 5.32 Å². The second kappa shape index (κ2) is 4.04. The Balaban J connectivity index is 2.89. The maximum atomic E-state index is 10.6. The van der Waals surface area contributed by atoms with E-state index < -0.39 is 0 Å². The Bertz CT molecular complexity index is 316. The van der Waals surface area contributed by atoms with E-state index in [2.05, 4.69) is 32.9 Å². The zero-order valence-corrected chi connectivity index (χ0v) is 9.18. The van der Waals surface area contributed by atoms with Crippen LogP contribution in [-0.2, 0) is 4.79 Å². The number of hydrogen-bond acceptors (Lipinski definition) is 2. The Kier molecular flexibility index (Phi) is 3.28. The van der Waals surface area contributed by atoms with Gasteiger partial charge in [0.1, 0.15) is 5.82 Å². The molecule has 1 amide bonds. The van der Waals surface area contributed by atoms with Gasteiger partial charge < -0.3 is 5.32 Å². The molecule has 3 nitrogen and oxygen atoms in total. The number of carbonyl (C=O) groups is 1. The minimum atomic E-state index is -0.138. The van der Waals surface area contributed by atoms with E-state index in [1.165, 1.54) is 13.1 Å². The second-order valence-corrected chi connectivity index (χ2v) is 3.73. The lowest BCUT2D eigenvalue weighted by atomic mass is 10.4. The largest absolute Gasteiger partial charge is 0.311 e. The highest BCUT2D eigenvalue weighted by Gasteiger charge is 2.00. The van der Waals surface area contributed by atoms with Crippen molar-refractivity contribution in [3.63, 3.8) is 0 Å². The zero-order valence-electron chi connectivity index (χ0n) is 6.27. The van der Waals surface area contributed by atoms with Gasteiger partial charge in [-0.3, -0.25) is 4.79 Å². The van der Waals surface area contributed by atoms with Gasteiger partial charge in [-0.2, -0.15) is 0 Å². The first kappa shape index (κ1) is 9.73. The molecule has 0 saturated carbocycles. The van der Waals surface area contributed by atoms with Crippen LogP contribution in [-0.4, -0.2) is 10.9 Å². The molecule has 0 spiro atoms. The van der Waals surface area contributed by atoms with Crippen molar-refractivity contribution in [1.82, 2.24) is 4.98 Å². The summed E-state index contributed by atoms with van der Waals surface area (Å²) in [5.74, 6) is 0.386. The van der Waals surface area contributed by atoms with Gasteiger partial charge in [-0.15, -0.1) is 0 Å². The summed E-state index contributed by atoms with van der Waals surface area (Å²) >= 11 is 7.81. The number of nitrogens with zero attached hydrogens (tertiary/aromatic N) is 1. The Morgan fingerprint density at radius 3 is 2.92 bits per heavy atom. The minimum absolute atomic E-state index is 0.138. The van der Waals surface area contributed by atoms with E-state index in [-0.39, 0.29) is 5.91 Å². The van der Waals surface area contributed by atoms with Crippen LogP contribution >= 0.6 is 34.2 Å². The van der Waals surface area contributed by atoms with E-state index in [4.69, 9.17) is 11.6 Å². The standard InChI is InChI=1S/C7H6ClIN2O/c1-4(12)11-7-2-6(9)5(8)3-10-7/h2-3H,1H3,(H,10,11,12). The van der Waals surface area contributed by atoms with Crippen LogP contribution in [0.2, 0.25) is 5.02 Å². The van der Waals surface area contributed by atoms with Gasteiger partial charge in [-0.05, 0) is 28.7 Å². The maximum Gasteiger partial charge on any atom is 0.222 e. The third-order valence-corrected chi connectivity index (χ3v) is 2.63. The first-order valence-electron chi connectivity index (χ1n) is 3.18. The quantitative estimate of drug-likeness (QED) is 0.808. The van der Waals surface area contributed by atoms with Crippen molar-refractivity contribution in [2.45, 2.75) is 6.92 Å². The van der Waals surface area contributed by atoms with E-state index in [0.29, 0.717) is 10.8 Å². The van der Waals surface area contributed by atoms with Crippen LogP contribution in [0, 0.1) is 3.57 Å². The Hall–Kier alpha value is -0.360. The van der Waals surface area contributed by atoms with E-state index in [9.17, 15) is 4.79 Å². The van der Waals surface area contributed by atoms with E-state index >= 15 is 0 Å². The summed E-state index contributed by atoms with van der Waals surface area (Å²) in [4.78, 5) is 14.5. The summed E-state index contributed by atoms with van der Waals surface area (Å²) in [6.07, 6.45) is 1.51. The lowest BCUT2D eigenvalue weighted by molar-refractivity contribution is -0.114. The predicted octanol–water partition coefficient (Wildman–Crippen LogP) is 2.30. The monoisotopic (exact) mass is 296 g/mol. The molecule has 64 valence electrons. The van der Waals surface area contributed by atoms with Crippen molar-refractivity contribution in [3.8, 4) is 0 Å². The molecule has 1 aromatic heterocycles. The fourth-order valence-corrected chi connectivity index (χ4v) is 1.20. The number of pyridine rings is 1. The van der Waals surface area contributed by atoms with Crippen molar-refractivity contribution in [1.29, 1.82) is 0 Å². The predicted molar refractivity (Wildman–Crippen MR) is 56.3 cm³/mol. The number of nitrogens with one attached hydrogen (secondary N) is 1.